The van der Waals surface area contributed by atoms with Gasteiger partial charge in [0.05, 0.1) is 11.1 Å². The number of nitrogens with zero attached hydrogens (tertiary/aromatic N) is 2. The molecule has 0 radical (unpaired) electrons. The molecule has 0 aliphatic carbocycles. The van der Waals surface area contributed by atoms with Crippen molar-refractivity contribution in [3.05, 3.63) is 164 Å². The van der Waals surface area contributed by atoms with Crippen molar-refractivity contribution < 1.29 is 105 Å². The van der Waals surface area contributed by atoms with Gasteiger partial charge >= 0.3 is 0 Å². The van der Waals surface area contributed by atoms with Gasteiger partial charge in [0, 0.05) is 16.5 Å². The van der Waals surface area contributed by atoms with Crippen LogP contribution in [0.25, 0.3) is 21.9 Å². The van der Waals surface area contributed by atoms with E-state index < -0.39 is 217 Å². The molecule has 66 heavy (non-hydrogen) atoms. The van der Waals surface area contributed by atoms with Crippen molar-refractivity contribution in [2.75, 3.05) is 9.80 Å². The van der Waals surface area contributed by atoms with Crippen LogP contribution in [0.15, 0.2) is 13.2 Å². The monoisotopic (exact) mass is 974 g/mol. The van der Waals surface area contributed by atoms with Crippen LogP contribution in [0.1, 0.15) is 25.0 Å². The third-order valence-corrected chi connectivity index (χ3v) is 9.40. The van der Waals surface area contributed by atoms with Crippen LogP contribution in [0.4, 0.5) is 139 Å². The van der Waals surface area contributed by atoms with Crippen molar-refractivity contribution in [2.45, 2.75) is 13.8 Å². The Morgan fingerprint density at radius 3 is 0.667 bits per heavy atom. The Balaban J connectivity index is 1.99. The van der Waals surface area contributed by atoms with Crippen molar-refractivity contribution in [2.24, 2.45) is 0 Å². The van der Waals surface area contributed by atoms with E-state index in [0.29, 0.717) is 13.8 Å². The van der Waals surface area contributed by atoms with Gasteiger partial charge < -0.3 is 0 Å². The summed E-state index contributed by atoms with van der Waals surface area (Å²) >= 11 is 0. The van der Waals surface area contributed by atoms with Crippen molar-refractivity contribution in [3.8, 4) is 0 Å². The first-order valence-corrected chi connectivity index (χ1v) is 16.8. The molecule has 0 aromatic heterocycles. The van der Waals surface area contributed by atoms with E-state index in [-0.39, 0.29) is 0 Å². The van der Waals surface area contributed by atoms with E-state index in [4.69, 9.17) is 0 Å². The van der Waals surface area contributed by atoms with Crippen LogP contribution >= 0.6 is 0 Å². The van der Waals surface area contributed by atoms with E-state index in [1.54, 1.807) is 0 Å². The van der Waals surface area contributed by atoms with Gasteiger partial charge in [-0.15, -0.1) is 0 Å². The van der Waals surface area contributed by atoms with Crippen molar-refractivity contribution in [1.82, 2.24) is 0 Å². The minimum absolute atomic E-state index is 0.465. The number of fused-ring (bicyclic) bond motifs is 1. The predicted octanol–water partition coefficient (Wildman–Crippen LogP) is 15.2. The largest absolute Gasteiger partial charge is 0.296 e. The smallest absolute Gasteiger partial charge is 0.200 e. The first-order valence-electron chi connectivity index (χ1n) is 16.8. The fraction of sp³-hybridized carbons (Fsp3) is 0.0500. The Morgan fingerprint density at radius 1 is 0.227 bits per heavy atom. The zero-order valence-electron chi connectivity index (χ0n) is 31.4. The van der Waals surface area contributed by atoms with E-state index in [1.165, 1.54) is 0 Å². The summed E-state index contributed by atoms with van der Waals surface area (Å²) in [7, 11) is 0. The molecular weight excluding hydrogens is 964 g/mol. The molecule has 0 aliphatic rings. The first kappa shape index (κ1) is 48.4. The third-order valence-electron chi connectivity index (χ3n) is 9.40. The second-order valence-corrected chi connectivity index (χ2v) is 13.4. The van der Waals surface area contributed by atoms with E-state index in [9.17, 15) is 52.7 Å². The van der Waals surface area contributed by atoms with Gasteiger partial charge in [0.25, 0.3) is 0 Å². The quantitative estimate of drug-likeness (QED) is 0.0852. The average Bonchev–Trinajstić information content (AvgIpc) is 3.26. The number of anilines is 6. The van der Waals surface area contributed by atoms with Gasteiger partial charge in [-0.1, -0.05) is 13.2 Å². The molecule has 348 valence electrons. The van der Waals surface area contributed by atoms with Crippen LogP contribution in [0.2, 0.25) is 0 Å². The lowest BCUT2D eigenvalue weighted by Gasteiger charge is -2.32. The Labute approximate surface area is 349 Å². The number of allylic oxidation sites excluding steroid dienone is 2. The molecular formula is C40H10F24N2. The third kappa shape index (κ3) is 6.56. The summed E-state index contributed by atoms with van der Waals surface area (Å²) in [5.41, 5.74) is -23.6. The summed E-state index contributed by atoms with van der Waals surface area (Å²) in [5, 5.41) is -4.38. The fourth-order valence-corrected chi connectivity index (χ4v) is 6.63. The predicted molar refractivity (Wildman–Crippen MR) is 182 cm³/mol. The molecule has 6 aromatic rings. The molecule has 0 saturated heterocycles. The summed E-state index contributed by atoms with van der Waals surface area (Å²) in [4.78, 5) is -2.99. The van der Waals surface area contributed by atoms with Crippen LogP contribution in [0, 0.1) is 140 Å². The minimum atomic E-state index is -3.32. The SMILES string of the molecule is C=C(C)c1c(F)c(N(c2c(F)c(F)c(F)c(F)c2F)c2c(F)c(F)c(F)c(F)c2F)c(F)c2c(F)c(F)c(N(c3c(F)c(F)c(F)c(F)c3F)c3c(F)c(F)c(F)c(F)c3F)c(C(=C)C)c12. The molecule has 0 N–H and O–H groups in total. The van der Waals surface area contributed by atoms with Gasteiger partial charge in [-0.05, 0) is 25.0 Å². The highest BCUT2D eigenvalue weighted by Gasteiger charge is 2.44. The summed E-state index contributed by atoms with van der Waals surface area (Å²) in [6.45, 7) is 7.23. The van der Waals surface area contributed by atoms with Crippen LogP contribution < -0.4 is 9.80 Å². The number of hydrogen-bond acceptors (Lipinski definition) is 2. The number of rotatable bonds is 8. The molecule has 6 aromatic carbocycles. The molecule has 0 aliphatic heterocycles. The molecule has 0 spiro atoms. The maximum atomic E-state index is 17.3. The van der Waals surface area contributed by atoms with E-state index in [0.717, 1.165) is 0 Å². The van der Waals surface area contributed by atoms with Crippen molar-refractivity contribution in [1.29, 1.82) is 0 Å². The maximum absolute atomic E-state index is 17.3. The standard InChI is InChI=1S/C40H10F24N2/c1-5(2)7-9-8(6(3)4)35(65(37-27(57)18(48)14(44)19(49)28(37)58)38-29(59)20(50)15(45)21(51)30(38)60)26(56)11(41)10(9)13(43)36(12(7)42)66(39-31(61)22(52)16(46)23(53)32(39)62)40-33(63)24(54)17(47)25(55)34(40)64/h1,3H2,2,4H3. The highest BCUT2D eigenvalue weighted by Crippen LogP contribution is 2.54. The summed E-state index contributed by atoms with van der Waals surface area (Å²) < 4.78 is 367. The fourth-order valence-electron chi connectivity index (χ4n) is 6.63. The van der Waals surface area contributed by atoms with Crippen molar-refractivity contribution in [3.63, 3.8) is 0 Å². The zero-order chi connectivity index (χ0) is 49.9. The van der Waals surface area contributed by atoms with E-state index >= 15 is 52.7 Å². The summed E-state index contributed by atoms with van der Waals surface area (Å²) in [6.07, 6.45) is 0. The highest BCUT2D eigenvalue weighted by atomic mass is 19.2. The molecule has 0 amide bonds. The van der Waals surface area contributed by atoms with Crippen LogP contribution in [0.3, 0.4) is 0 Å². The molecule has 0 fully saturated rings. The average molecular weight is 974 g/mol. The molecule has 0 unspecified atom stereocenters. The van der Waals surface area contributed by atoms with E-state index in [1.807, 2.05) is 0 Å². The molecule has 0 bridgehead atoms. The minimum Gasteiger partial charge on any atom is -0.296 e. The van der Waals surface area contributed by atoms with Gasteiger partial charge in [0.15, 0.2) is 116 Å². The second-order valence-electron chi connectivity index (χ2n) is 13.4. The second kappa shape index (κ2) is 16.4. The number of halogens is 24. The number of benzene rings is 6. The normalized spacial score (nSPS) is 11.6. The Bertz CT molecular complexity index is 2960. The zero-order valence-corrected chi connectivity index (χ0v) is 31.4. The molecule has 0 saturated carbocycles. The lowest BCUT2D eigenvalue weighted by Crippen LogP contribution is -2.25. The lowest BCUT2D eigenvalue weighted by molar-refractivity contribution is 0.374. The molecule has 26 heteroatoms. The van der Waals surface area contributed by atoms with Gasteiger partial charge in [-0.25, -0.2) is 105 Å². The van der Waals surface area contributed by atoms with E-state index in [2.05, 4.69) is 13.2 Å². The van der Waals surface area contributed by atoms with Gasteiger partial charge in [0.1, 0.15) is 28.4 Å². The molecule has 0 atom stereocenters. The Morgan fingerprint density at radius 2 is 0.424 bits per heavy atom. The molecule has 0 heterocycles. The topological polar surface area (TPSA) is 6.48 Å². The van der Waals surface area contributed by atoms with Gasteiger partial charge in [-0.3, -0.25) is 9.80 Å². The molecule has 6 rings (SSSR count). The van der Waals surface area contributed by atoms with Crippen molar-refractivity contribution >= 4 is 56.0 Å². The highest BCUT2D eigenvalue weighted by molar-refractivity contribution is 6.09. The summed E-state index contributed by atoms with van der Waals surface area (Å²) in [5.74, 6) is -77.4. The molecule has 2 nitrogen and oxygen atoms in total. The Hall–Kier alpha value is -7.02. The number of hydrogen-bond donors (Lipinski definition) is 0. The summed E-state index contributed by atoms with van der Waals surface area (Å²) in [6, 6.07) is 0. The Kier molecular flexibility index (Phi) is 12.1. The van der Waals surface area contributed by atoms with Crippen LogP contribution in [0.5, 0.6) is 0 Å². The lowest BCUT2D eigenvalue weighted by atomic mass is 9.88. The van der Waals surface area contributed by atoms with Crippen LogP contribution in [-0.4, -0.2) is 0 Å². The maximum Gasteiger partial charge on any atom is 0.200 e. The first-order chi connectivity index (χ1) is 30.5. The van der Waals surface area contributed by atoms with Gasteiger partial charge in [-0.2, -0.15) is 0 Å². The van der Waals surface area contributed by atoms with Gasteiger partial charge in [0.2, 0.25) is 23.3 Å². The van der Waals surface area contributed by atoms with Crippen LogP contribution in [-0.2, 0) is 0 Å².